The Labute approximate surface area is 167 Å². The van der Waals surface area contributed by atoms with Crippen LogP contribution in [0.3, 0.4) is 0 Å². The Morgan fingerprint density at radius 3 is 2.75 bits per heavy atom. The number of rotatable bonds is 4. The van der Waals surface area contributed by atoms with Crippen molar-refractivity contribution in [2.24, 2.45) is 11.8 Å². The number of likely N-dealkylation sites (tertiary alicyclic amines) is 1. The number of urea groups is 1. The molecule has 152 valence electrons. The summed E-state index contributed by atoms with van der Waals surface area (Å²) in [6, 6.07) is 11.0. The number of hydrogen-bond donors (Lipinski definition) is 1. The summed E-state index contributed by atoms with van der Waals surface area (Å²) in [5, 5.41) is 16.2. The summed E-state index contributed by atoms with van der Waals surface area (Å²) < 4.78 is -0.0551. The molecule has 4 unspecified atom stereocenters. The van der Waals surface area contributed by atoms with Crippen LogP contribution in [-0.2, 0) is 6.42 Å². The van der Waals surface area contributed by atoms with Crippen LogP contribution in [0.4, 0.5) is 4.79 Å². The zero-order valence-corrected chi connectivity index (χ0v) is 16.6. The maximum Gasteiger partial charge on any atom is 0.318 e. The number of hydroxylamine groups is 3. The standard InChI is InChI=1S/C22H32N4O2/c27-22(25-12-19-10-18-11-21(25)16-26(28,14-18)15-19)23-20-7-9-24(13-20)8-6-17-4-2-1-3-5-17/h1-5,18-21H,6-16H2,(H,23,27)/t18?,19?,20?,21?,26-/m0/s1. The Morgan fingerprint density at radius 2 is 1.93 bits per heavy atom. The molecule has 0 radical (unpaired) electrons. The van der Waals surface area contributed by atoms with E-state index in [1.54, 1.807) is 0 Å². The van der Waals surface area contributed by atoms with Crippen molar-refractivity contribution >= 4 is 6.03 Å². The maximum absolute atomic E-state index is 13.0. The number of piperidine rings is 2. The fourth-order valence-corrected chi connectivity index (χ4v) is 6.18. The predicted molar refractivity (Wildman–Crippen MR) is 108 cm³/mol. The number of nitrogens with zero attached hydrogens (tertiary/aromatic N) is 3. The average Bonchev–Trinajstić information content (AvgIpc) is 3.02. The number of nitrogens with one attached hydrogen (secondary N) is 1. The molecule has 6 nitrogen and oxygen atoms in total. The maximum atomic E-state index is 13.0. The summed E-state index contributed by atoms with van der Waals surface area (Å²) in [5.41, 5.74) is 1.37. The van der Waals surface area contributed by atoms with Crippen LogP contribution in [-0.4, -0.2) is 78.4 Å². The summed E-state index contributed by atoms with van der Waals surface area (Å²) in [6.07, 6.45) is 4.24. The lowest BCUT2D eigenvalue weighted by molar-refractivity contribution is -0.898. The molecule has 0 aliphatic carbocycles. The normalized spacial score (nSPS) is 37.2. The molecule has 2 amide bonds. The first-order valence-corrected chi connectivity index (χ1v) is 11.0. The molecule has 5 fully saturated rings. The van der Waals surface area contributed by atoms with Crippen molar-refractivity contribution in [2.75, 3.05) is 45.8 Å². The van der Waals surface area contributed by atoms with Gasteiger partial charge in [0.2, 0.25) is 0 Å². The van der Waals surface area contributed by atoms with Gasteiger partial charge in [-0.05, 0) is 31.2 Å². The Balaban J connectivity index is 1.14. The van der Waals surface area contributed by atoms with Gasteiger partial charge in [-0.15, -0.1) is 0 Å². The van der Waals surface area contributed by atoms with Gasteiger partial charge in [-0.1, -0.05) is 30.3 Å². The molecule has 28 heavy (non-hydrogen) atoms. The third-order valence-electron chi connectivity index (χ3n) is 7.31. The van der Waals surface area contributed by atoms with E-state index < -0.39 is 0 Å². The third kappa shape index (κ3) is 3.78. The first kappa shape index (κ1) is 18.4. The van der Waals surface area contributed by atoms with Crippen LogP contribution in [0.2, 0.25) is 0 Å². The number of benzene rings is 1. The van der Waals surface area contributed by atoms with E-state index in [1.165, 1.54) is 5.56 Å². The van der Waals surface area contributed by atoms with E-state index in [0.717, 1.165) is 58.4 Å². The molecule has 1 aromatic rings. The summed E-state index contributed by atoms with van der Waals surface area (Å²) in [4.78, 5) is 17.5. The molecule has 4 bridgehead atoms. The molecule has 0 saturated carbocycles. The fourth-order valence-electron chi connectivity index (χ4n) is 6.18. The van der Waals surface area contributed by atoms with Crippen molar-refractivity contribution in [3.63, 3.8) is 0 Å². The fraction of sp³-hybridized carbons (Fsp3) is 0.682. The highest BCUT2D eigenvalue weighted by atomic mass is 16.5. The molecular formula is C22H32N4O2. The molecular weight excluding hydrogens is 352 g/mol. The van der Waals surface area contributed by atoms with Crippen molar-refractivity contribution in [3.05, 3.63) is 41.1 Å². The van der Waals surface area contributed by atoms with Gasteiger partial charge in [0.15, 0.2) is 0 Å². The van der Waals surface area contributed by atoms with Crippen LogP contribution in [0.5, 0.6) is 0 Å². The van der Waals surface area contributed by atoms with Gasteiger partial charge < -0.3 is 25.0 Å². The number of amides is 2. The Morgan fingerprint density at radius 1 is 1.11 bits per heavy atom. The molecule has 1 aromatic carbocycles. The lowest BCUT2D eigenvalue weighted by Gasteiger charge is -2.53. The van der Waals surface area contributed by atoms with Crippen molar-refractivity contribution in [1.82, 2.24) is 15.1 Å². The number of carbonyl (C=O) groups is 1. The molecule has 0 aromatic heterocycles. The predicted octanol–water partition coefficient (Wildman–Crippen LogP) is 2.05. The summed E-state index contributed by atoms with van der Waals surface area (Å²) in [5.74, 6) is 0.910. The van der Waals surface area contributed by atoms with E-state index in [1.807, 2.05) is 4.90 Å². The Bertz CT molecular complexity index is 714. The van der Waals surface area contributed by atoms with Crippen LogP contribution < -0.4 is 5.32 Å². The van der Waals surface area contributed by atoms with Gasteiger partial charge in [-0.2, -0.15) is 0 Å². The smallest absolute Gasteiger partial charge is 0.318 e. The highest BCUT2D eigenvalue weighted by Crippen LogP contribution is 2.40. The zero-order chi connectivity index (χ0) is 19.1. The molecule has 5 saturated heterocycles. The van der Waals surface area contributed by atoms with Crippen LogP contribution in [0.1, 0.15) is 24.8 Å². The second kappa shape index (κ2) is 7.32. The van der Waals surface area contributed by atoms with E-state index in [2.05, 4.69) is 40.5 Å². The van der Waals surface area contributed by atoms with E-state index in [4.69, 9.17) is 0 Å². The second-order valence-corrected chi connectivity index (χ2v) is 9.59. The zero-order valence-electron chi connectivity index (χ0n) is 16.6. The molecule has 1 N–H and O–H groups in total. The molecule has 0 spiro atoms. The van der Waals surface area contributed by atoms with Gasteiger partial charge in [0.05, 0.1) is 25.7 Å². The average molecular weight is 385 g/mol. The monoisotopic (exact) mass is 384 g/mol. The SMILES string of the molecule is O=C(NC1CCN(CCc2ccccc2)C1)N1CC2CC3CC1C[N@+]([O-])(C3)C2. The molecule has 5 heterocycles. The largest absolute Gasteiger partial charge is 0.633 e. The van der Waals surface area contributed by atoms with E-state index in [9.17, 15) is 10.0 Å². The number of hydrogen-bond acceptors (Lipinski definition) is 3. The molecule has 6 rings (SSSR count). The Hall–Kier alpha value is -1.63. The number of carbonyl (C=O) groups excluding carboxylic acids is 1. The lowest BCUT2D eigenvalue weighted by Crippen LogP contribution is -2.60. The van der Waals surface area contributed by atoms with Crippen LogP contribution in [0.25, 0.3) is 0 Å². The topological polar surface area (TPSA) is 58.6 Å². The number of quaternary nitrogens is 1. The first-order chi connectivity index (χ1) is 13.6. The minimum atomic E-state index is -0.0551. The summed E-state index contributed by atoms with van der Waals surface area (Å²) >= 11 is 0. The summed E-state index contributed by atoms with van der Waals surface area (Å²) in [6.45, 7) is 5.91. The molecule has 5 aliphatic heterocycles. The lowest BCUT2D eigenvalue weighted by atomic mass is 9.83. The third-order valence-corrected chi connectivity index (χ3v) is 7.31. The van der Waals surface area contributed by atoms with Crippen LogP contribution in [0, 0.1) is 17.0 Å². The highest BCUT2D eigenvalue weighted by molar-refractivity contribution is 5.75. The van der Waals surface area contributed by atoms with Crippen molar-refractivity contribution in [1.29, 1.82) is 0 Å². The van der Waals surface area contributed by atoms with Gasteiger partial charge in [-0.3, -0.25) is 0 Å². The summed E-state index contributed by atoms with van der Waals surface area (Å²) in [7, 11) is 0. The molecule has 5 atom stereocenters. The van der Waals surface area contributed by atoms with Crippen molar-refractivity contribution < 1.29 is 9.44 Å². The van der Waals surface area contributed by atoms with E-state index in [-0.39, 0.29) is 22.8 Å². The second-order valence-electron chi connectivity index (χ2n) is 9.59. The van der Waals surface area contributed by atoms with Gasteiger partial charge >= 0.3 is 6.03 Å². The Kier molecular flexibility index (Phi) is 4.81. The molecule has 6 heteroatoms. The van der Waals surface area contributed by atoms with Crippen LogP contribution >= 0.6 is 0 Å². The minimum Gasteiger partial charge on any atom is -0.633 e. The van der Waals surface area contributed by atoms with Gasteiger partial charge in [0.25, 0.3) is 0 Å². The van der Waals surface area contributed by atoms with Crippen molar-refractivity contribution in [3.8, 4) is 0 Å². The van der Waals surface area contributed by atoms with Gasteiger partial charge in [0.1, 0.15) is 0 Å². The van der Waals surface area contributed by atoms with E-state index >= 15 is 0 Å². The van der Waals surface area contributed by atoms with Gasteiger partial charge in [-0.25, -0.2) is 4.79 Å². The quantitative estimate of drug-likeness (QED) is 0.639. The van der Waals surface area contributed by atoms with Crippen LogP contribution in [0.15, 0.2) is 30.3 Å². The highest BCUT2D eigenvalue weighted by Gasteiger charge is 2.49. The van der Waals surface area contributed by atoms with Crippen molar-refractivity contribution in [2.45, 2.75) is 37.8 Å². The first-order valence-electron chi connectivity index (χ1n) is 11.0. The number of fused-ring (bicyclic) bond motifs is 1. The minimum absolute atomic E-state index is 0.0551. The molecule has 5 aliphatic rings. The van der Waals surface area contributed by atoms with Gasteiger partial charge in [0, 0.05) is 44.1 Å². The van der Waals surface area contributed by atoms with E-state index in [0.29, 0.717) is 24.9 Å².